The molecule has 6 N–H and O–H groups in total. The molecule has 2 aliphatic rings. The van der Waals surface area contributed by atoms with E-state index >= 15 is 0 Å². The molecule has 1 fully saturated rings. The van der Waals surface area contributed by atoms with Gasteiger partial charge in [0, 0.05) is 10.9 Å². The van der Waals surface area contributed by atoms with Crippen molar-refractivity contribution < 1.29 is 19.8 Å². The number of amides is 1. The van der Waals surface area contributed by atoms with E-state index in [-0.39, 0.29) is 17.0 Å². The summed E-state index contributed by atoms with van der Waals surface area (Å²) >= 11 is 1.29. The Bertz CT molecular complexity index is 480. The number of hydrogen-bond acceptors (Lipinski definition) is 6. The highest BCUT2D eigenvalue weighted by molar-refractivity contribution is 8.04. The second-order valence-electron chi connectivity index (χ2n) is 5.39. The molecule has 118 valence electrons. The van der Waals surface area contributed by atoms with Gasteiger partial charge in [0.2, 0.25) is 5.91 Å². The Morgan fingerprint density at radius 3 is 2.67 bits per heavy atom. The van der Waals surface area contributed by atoms with Gasteiger partial charge in [-0.1, -0.05) is 18.2 Å². The highest BCUT2D eigenvalue weighted by Crippen LogP contribution is 2.51. The number of fused-ring (bicyclic) bond motifs is 1. The van der Waals surface area contributed by atoms with E-state index in [4.69, 9.17) is 11.5 Å². The van der Waals surface area contributed by atoms with Crippen molar-refractivity contribution in [3.63, 3.8) is 0 Å². The third kappa shape index (κ3) is 2.80. The number of nitrogens with zero attached hydrogens (tertiary/aromatic N) is 1. The summed E-state index contributed by atoms with van der Waals surface area (Å²) in [5.74, 6) is -2.05. The Labute approximate surface area is 127 Å². The van der Waals surface area contributed by atoms with Gasteiger partial charge < -0.3 is 21.7 Å². The Hall–Kier alpha value is -1.09. The van der Waals surface area contributed by atoms with Gasteiger partial charge in [0.15, 0.2) is 0 Å². The van der Waals surface area contributed by atoms with Gasteiger partial charge in [-0.2, -0.15) is 0 Å². The largest absolute Gasteiger partial charge is 0.477 e. The molecule has 0 aliphatic carbocycles. The number of thioether (sulfide) groups is 1. The van der Waals surface area contributed by atoms with Gasteiger partial charge in [0.05, 0.1) is 12.0 Å². The zero-order valence-corrected chi connectivity index (χ0v) is 12.7. The summed E-state index contributed by atoms with van der Waals surface area (Å²) in [7, 11) is 0. The van der Waals surface area contributed by atoms with Crippen LogP contribution in [0.25, 0.3) is 0 Å². The fraction of sp³-hybridized carbons (Fsp3) is 0.692. The molecule has 3 unspecified atom stereocenters. The molecule has 0 spiro atoms. The van der Waals surface area contributed by atoms with Crippen LogP contribution in [0.3, 0.4) is 0 Å². The molecule has 8 heteroatoms. The van der Waals surface area contributed by atoms with Crippen LogP contribution < -0.4 is 11.5 Å². The predicted octanol–water partition coefficient (Wildman–Crippen LogP) is -0.349. The van der Waals surface area contributed by atoms with E-state index in [9.17, 15) is 19.8 Å². The Kier molecular flexibility index (Phi) is 4.92. The first kappa shape index (κ1) is 16.3. The number of aliphatic hydroxyl groups excluding tert-OH is 1. The number of β-lactam (4-membered cyclic amide) rings is 1. The second-order valence-corrected chi connectivity index (χ2v) is 6.55. The molecule has 0 saturated carbocycles. The SMILES string of the molecule is CC(O)C1C(=O)N2C(C(=O)O)=C(C(N)CCCCN)S[C@H]12. The molecular formula is C13H21N3O4S. The summed E-state index contributed by atoms with van der Waals surface area (Å²) in [6.45, 7) is 2.11. The van der Waals surface area contributed by atoms with Crippen LogP contribution >= 0.6 is 11.8 Å². The first-order valence-electron chi connectivity index (χ1n) is 7.01. The minimum Gasteiger partial charge on any atom is -0.477 e. The van der Waals surface area contributed by atoms with Crippen molar-refractivity contribution in [3.8, 4) is 0 Å². The molecule has 1 amide bonds. The average molecular weight is 315 g/mol. The van der Waals surface area contributed by atoms with Crippen LogP contribution in [0.15, 0.2) is 10.6 Å². The van der Waals surface area contributed by atoms with Gasteiger partial charge >= 0.3 is 5.97 Å². The third-order valence-electron chi connectivity index (χ3n) is 3.83. The molecule has 2 rings (SSSR count). The third-order valence-corrected chi connectivity index (χ3v) is 5.33. The van der Waals surface area contributed by atoms with E-state index in [2.05, 4.69) is 0 Å². The lowest BCUT2D eigenvalue weighted by atomic mass is 9.92. The van der Waals surface area contributed by atoms with Crippen molar-refractivity contribution in [2.24, 2.45) is 17.4 Å². The van der Waals surface area contributed by atoms with E-state index in [0.29, 0.717) is 17.9 Å². The van der Waals surface area contributed by atoms with Gasteiger partial charge in [-0.05, 0) is 26.3 Å². The monoisotopic (exact) mass is 315 g/mol. The van der Waals surface area contributed by atoms with E-state index in [1.807, 2.05) is 0 Å². The smallest absolute Gasteiger partial charge is 0.353 e. The van der Waals surface area contributed by atoms with Crippen molar-refractivity contribution in [3.05, 3.63) is 10.6 Å². The summed E-state index contributed by atoms with van der Waals surface area (Å²) in [5.41, 5.74) is 11.5. The topological polar surface area (TPSA) is 130 Å². The van der Waals surface area contributed by atoms with E-state index in [0.717, 1.165) is 12.8 Å². The molecule has 0 aromatic rings. The molecule has 1 saturated heterocycles. The number of hydrogen-bond donors (Lipinski definition) is 4. The lowest BCUT2D eigenvalue weighted by molar-refractivity contribution is -0.156. The molecular weight excluding hydrogens is 294 g/mol. The Morgan fingerprint density at radius 1 is 1.48 bits per heavy atom. The minimum atomic E-state index is -1.15. The van der Waals surface area contributed by atoms with Crippen molar-refractivity contribution in [1.29, 1.82) is 0 Å². The zero-order valence-electron chi connectivity index (χ0n) is 11.9. The van der Waals surface area contributed by atoms with Gasteiger partial charge in [0.1, 0.15) is 11.1 Å². The van der Waals surface area contributed by atoms with Gasteiger partial charge in [-0.15, -0.1) is 0 Å². The summed E-state index contributed by atoms with van der Waals surface area (Å²) in [5, 5.41) is 18.7. The zero-order chi connectivity index (χ0) is 15.7. The molecule has 0 bridgehead atoms. The Morgan fingerprint density at radius 2 is 2.14 bits per heavy atom. The standard InChI is InChI=1S/C13H21N3O4S/c1-6(17)8-11(18)16-9(13(19)20)10(21-12(8)16)7(15)4-2-3-5-14/h6-8,12,17H,2-5,14-15H2,1H3,(H,19,20)/t6?,7?,8?,12-/m1/s1. The minimum absolute atomic E-state index is 0.0212. The molecule has 7 nitrogen and oxygen atoms in total. The van der Waals surface area contributed by atoms with Crippen molar-refractivity contribution in [2.75, 3.05) is 6.54 Å². The number of nitrogens with two attached hydrogens (primary N) is 2. The normalized spacial score (nSPS) is 27.4. The number of unbranched alkanes of at least 4 members (excludes halogenated alkanes) is 1. The summed E-state index contributed by atoms with van der Waals surface area (Å²) in [4.78, 5) is 25.3. The van der Waals surface area contributed by atoms with Crippen LogP contribution in [0.1, 0.15) is 26.2 Å². The summed E-state index contributed by atoms with van der Waals surface area (Å²) in [6.07, 6.45) is 1.47. The maximum absolute atomic E-state index is 12.0. The lowest BCUT2D eigenvalue weighted by Crippen LogP contribution is -2.60. The number of rotatable bonds is 7. The van der Waals surface area contributed by atoms with Crippen LogP contribution in [0.4, 0.5) is 0 Å². The number of aliphatic carboxylic acids is 1. The van der Waals surface area contributed by atoms with Gasteiger partial charge in [0.25, 0.3) is 0 Å². The predicted molar refractivity (Wildman–Crippen MR) is 78.9 cm³/mol. The fourth-order valence-electron chi connectivity index (χ4n) is 2.71. The number of carboxylic acids is 1. The van der Waals surface area contributed by atoms with Crippen molar-refractivity contribution >= 4 is 23.6 Å². The van der Waals surface area contributed by atoms with E-state index < -0.39 is 24.0 Å². The highest BCUT2D eigenvalue weighted by Gasteiger charge is 2.58. The molecule has 2 aliphatic heterocycles. The van der Waals surface area contributed by atoms with E-state index in [1.165, 1.54) is 16.7 Å². The average Bonchev–Trinajstić information content (AvgIpc) is 2.73. The van der Waals surface area contributed by atoms with Gasteiger partial charge in [-0.3, -0.25) is 9.69 Å². The molecule has 0 aromatic carbocycles. The molecule has 0 radical (unpaired) electrons. The molecule has 21 heavy (non-hydrogen) atoms. The van der Waals surface area contributed by atoms with Crippen LogP contribution in [0, 0.1) is 5.92 Å². The number of carboxylic acid groups (broad SMARTS) is 1. The number of carbonyl (C=O) groups excluding carboxylic acids is 1. The maximum atomic E-state index is 12.0. The number of aliphatic hydroxyl groups is 1. The van der Waals surface area contributed by atoms with E-state index in [1.54, 1.807) is 6.92 Å². The molecule has 4 atom stereocenters. The second kappa shape index (κ2) is 6.35. The van der Waals surface area contributed by atoms with Gasteiger partial charge in [-0.25, -0.2) is 4.79 Å². The van der Waals surface area contributed by atoms with Crippen molar-refractivity contribution in [2.45, 2.75) is 43.7 Å². The maximum Gasteiger partial charge on any atom is 0.353 e. The first-order chi connectivity index (χ1) is 9.90. The quantitative estimate of drug-likeness (QED) is 0.373. The van der Waals surface area contributed by atoms with Crippen LogP contribution in [-0.2, 0) is 9.59 Å². The van der Waals surface area contributed by atoms with Crippen LogP contribution in [0.2, 0.25) is 0 Å². The van der Waals surface area contributed by atoms with Crippen molar-refractivity contribution in [1.82, 2.24) is 4.90 Å². The summed E-state index contributed by atoms with van der Waals surface area (Å²) < 4.78 is 0. The molecule has 2 heterocycles. The molecule has 0 aromatic heterocycles. The van der Waals surface area contributed by atoms with Crippen LogP contribution in [0.5, 0.6) is 0 Å². The van der Waals surface area contributed by atoms with Crippen LogP contribution in [-0.4, -0.2) is 51.1 Å². The summed E-state index contributed by atoms with van der Waals surface area (Å²) in [6, 6.07) is -0.416. The number of carbonyl (C=O) groups is 2. The highest BCUT2D eigenvalue weighted by atomic mass is 32.2. The lowest BCUT2D eigenvalue weighted by Gasteiger charge is -2.43. The first-order valence-corrected chi connectivity index (χ1v) is 7.89. The Balaban J connectivity index is 2.16. The fourth-order valence-corrected chi connectivity index (χ4v) is 4.37.